The van der Waals surface area contributed by atoms with Gasteiger partial charge in [-0.25, -0.2) is 4.98 Å². The van der Waals surface area contributed by atoms with Gasteiger partial charge >= 0.3 is 0 Å². The first-order valence-electron chi connectivity index (χ1n) is 7.41. The molecule has 0 radical (unpaired) electrons. The van der Waals surface area contributed by atoms with Gasteiger partial charge in [0.1, 0.15) is 0 Å². The predicted molar refractivity (Wildman–Crippen MR) is 76.2 cm³/mol. The topological polar surface area (TPSA) is 50.7 Å². The molecule has 2 fully saturated rings. The molecule has 1 aromatic rings. The van der Waals surface area contributed by atoms with Gasteiger partial charge in [0.15, 0.2) is 0 Å². The third kappa shape index (κ3) is 3.24. The summed E-state index contributed by atoms with van der Waals surface area (Å²) >= 11 is 0. The van der Waals surface area contributed by atoms with E-state index in [1.807, 2.05) is 0 Å². The SMILES string of the molecule is COc1nc(N2CCC(N3CCOCC3)CC2)ncc1F. The summed E-state index contributed by atoms with van der Waals surface area (Å²) in [5.74, 6) is 0.0356. The van der Waals surface area contributed by atoms with E-state index in [0.29, 0.717) is 12.0 Å². The smallest absolute Gasteiger partial charge is 0.255 e. The molecule has 0 bridgehead atoms. The lowest BCUT2D eigenvalue weighted by molar-refractivity contribution is 0.0114. The molecule has 2 aliphatic heterocycles. The Balaban J connectivity index is 1.60. The first-order valence-corrected chi connectivity index (χ1v) is 7.41. The van der Waals surface area contributed by atoms with Crippen molar-refractivity contribution in [2.45, 2.75) is 18.9 Å². The van der Waals surface area contributed by atoms with Crippen LogP contribution < -0.4 is 9.64 Å². The van der Waals surface area contributed by atoms with Crippen molar-refractivity contribution >= 4 is 5.95 Å². The molecule has 0 spiro atoms. The number of morpholine rings is 1. The number of methoxy groups -OCH3 is 1. The third-order valence-corrected chi connectivity index (χ3v) is 4.20. The molecule has 6 nitrogen and oxygen atoms in total. The van der Waals surface area contributed by atoms with E-state index in [4.69, 9.17) is 9.47 Å². The summed E-state index contributed by atoms with van der Waals surface area (Å²) in [6.07, 6.45) is 3.32. The average Bonchev–Trinajstić information content (AvgIpc) is 2.56. The molecular formula is C14H21FN4O2. The van der Waals surface area contributed by atoms with Crippen LogP contribution in [0.25, 0.3) is 0 Å². The van der Waals surface area contributed by atoms with Crippen LogP contribution in [-0.4, -0.2) is 67.4 Å². The van der Waals surface area contributed by atoms with Gasteiger partial charge in [-0.05, 0) is 12.8 Å². The van der Waals surface area contributed by atoms with Gasteiger partial charge in [-0.15, -0.1) is 0 Å². The zero-order valence-electron chi connectivity index (χ0n) is 12.3. The zero-order valence-corrected chi connectivity index (χ0v) is 12.3. The van der Waals surface area contributed by atoms with Crippen LogP contribution in [0.4, 0.5) is 10.3 Å². The highest BCUT2D eigenvalue weighted by Gasteiger charge is 2.27. The maximum absolute atomic E-state index is 13.4. The Kier molecular flexibility index (Phi) is 4.50. The van der Waals surface area contributed by atoms with Crippen molar-refractivity contribution in [3.63, 3.8) is 0 Å². The van der Waals surface area contributed by atoms with Crippen LogP contribution in [0, 0.1) is 5.82 Å². The lowest BCUT2D eigenvalue weighted by Gasteiger charge is -2.40. The van der Waals surface area contributed by atoms with Crippen molar-refractivity contribution in [2.75, 3.05) is 51.4 Å². The monoisotopic (exact) mass is 296 g/mol. The summed E-state index contributed by atoms with van der Waals surface area (Å²) in [6.45, 7) is 5.47. The molecule has 3 heterocycles. The highest BCUT2D eigenvalue weighted by molar-refractivity contribution is 5.33. The molecule has 2 saturated heterocycles. The van der Waals surface area contributed by atoms with Crippen molar-refractivity contribution in [1.29, 1.82) is 0 Å². The normalized spacial score (nSPS) is 21.5. The standard InChI is InChI=1S/C14H21FN4O2/c1-20-13-12(15)10-16-14(17-13)19-4-2-11(3-5-19)18-6-8-21-9-7-18/h10-11H,2-9H2,1H3. The Bertz CT molecular complexity index is 474. The summed E-state index contributed by atoms with van der Waals surface area (Å²) in [4.78, 5) is 12.8. The summed E-state index contributed by atoms with van der Waals surface area (Å²) in [5.41, 5.74) is 0. The first-order chi connectivity index (χ1) is 10.3. The molecule has 0 N–H and O–H groups in total. The number of ether oxygens (including phenoxy) is 2. The molecule has 0 unspecified atom stereocenters. The Morgan fingerprint density at radius 1 is 1.24 bits per heavy atom. The van der Waals surface area contributed by atoms with Crippen LogP contribution in [-0.2, 0) is 4.74 Å². The molecular weight excluding hydrogens is 275 g/mol. The molecule has 0 amide bonds. The molecule has 3 rings (SSSR count). The Morgan fingerprint density at radius 3 is 2.62 bits per heavy atom. The average molecular weight is 296 g/mol. The minimum atomic E-state index is -0.524. The number of rotatable bonds is 3. The number of nitrogens with zero attached hydrogens (tertiary/aromatic N) is 4. The molecule has 116 valence electrons. The minimum Gasteiger partial charge on any atom is -0.479 e. The van der Waals surface area contributed by atoms with Gasteiger partial charge in [0, 0.05) is 32.2 Å². The largest absolute Gasteiger partial charge is 0.479 e. The second-order valence-electron chi connectivity index (χ2n) is 5.39. The van der Waals surface area contributed by atoms with E-state index in [1.165, 1.54) is 13.3 Å². The fourth-order valence-corrected chi connectivity index (χ4v) is 3.01. The molecule has 1 aromatic heterocycles. The van der Waals surface area contributed by atoms with Crippen molar-refractivity contribution in [2.24, 2.45) is 0 Å². The lowest BCUT2D eigenvalue weighted by atomic mass is 10.0. The zero-order chi connectivity index (χ0) is 14.7. The summed E-state index contributed by atoms with van der Waals surface area (Å²) in [6, 6.07) is 0.604. The van der Waals surface area contributed by atoms with Gasteiger partial charge in [-0.1, -0.05) is 0 Å². The molecule has 0 aliphatic carbocycles. The second kappa shape index (κ2) is 6.53. The van der Waals surface area contributed by atoms with Crippen LogP contribution in [0.15, 0.2) is 6.20 Å². The Morgan fingerprint density at radius 2 is 1.95 bits per heavy atom. The second-order valence-corrected chi connectivity index (χ2v) is 5.39. The van der Waals surface area contributed by atoms with Crippen LogP contribution in [0.2, 0.25) is 0 Å². The molecule has 0 saturated carbocycles. The van der Waals surface area contributed by atoms with E-state index in [9.17, 15) is 4.39 Å². The van der Waals surface area contributed by atoms with E-state index in [2.05, 4.69) is 19.8 Å². The van der Waals surface area contributed by atoms with Crippen molar-refractivity contribution < 1.29 is 13.9 Å². The Labute approximate surface area is 123 Å². The fourth-order valence-electron chi connectivity index (χ4n) is 3.01. The van der Waals surface area contributed by atoms with E-state index >= 15 is 0 Å². The number of aromatic nitrogens is 2. The maximum atomic E-state index is 13.4. The van der Waals surface area contributed by atoms with Gasteiger partial charge in [0.2, 0.25) is 11.8 Å². The Hall–Kier alpha value is -1.47. The fraction of sp³-hybridized carbons (Fsp3) is 0.714. The van der Waals surface area contributed by atoms with Crippen molar-refractivity contribution in [1.82, 2.24) is 14.9 Å². The van der Waals surface area contributed by atoms with Crippen LogP contribution >= 0.6 is 0 Å². The molecule has 7 heteroatoms. The van der Waals surface area contributed by atoms with E-state index in [0.717, 1.165) is 52.2 Å². The highest BCUT2D eigenvalue weighted by atomic mass is 19.1. The number of piperidine rings is 1. The highest BCUT2D eigenvalue weighted by Crippen LogP contribution is 2.22. The summed E-state index contributed by atoms with van der Waals surface area (Å²) in [5, 5.41) is 0. The maximum Gasteiger partial charge on any atom is 0.255 e. The van der Waals surface area contributed by atoms with Gasteiger partial charge in [-0.3, -0.25) is 4.90 Å². The molecule has 0 aromatic carbocycles. The summed E-state index contributed by atoms with van der Waals surface area (Å²) < 4.78 is 23.7. The molecule has 2 aliphatic rings. The van der Waals surface area contributed by atoms with Gasteiger partial charge in [0.05, 0.1) is 26.5 Å². The van der Waals surface area contributed by atoms with Crippen LogP contribution in [0.5, 0.6) is 5.88 Å². The summed E-state index contributed by atoms with van der Waals surface area (Å²) in [7, 11) is 1.42. The quantitative estimate of drug-likeness (QED) is 0.827. The minimum absolute atomic E-state index is 0.00954. The lowest BCUT2D eigenvalue weighted by Crippen LogP contribution is -2.49. The number of anilines is 1. The van der Waals surface area contributed by atoms with Crippen molar-refractivity contribution in [3.8, 4) is 5.88 Å². The predicted octanol–water partition coefficient (Wildman–Crippen LogP) is 0.925. The number of halogens is 1. The number of hydrogen-bond acceptors (Lipinski definition) is 6. The van der Waals surface area contributed by atoms with E-state index < -0.39 is 5.82 Å². The molecule has 0 atom stereocenters. The van der Waals surface area contributed by atoms with Gasteiger partial charge in [0.25, 0.3) is 5.88 Å². The molecule has 21 heavy (non-hydrogen) atoms. The van der Waals surface area contributed by atoms with E-state index in [1.54, 1.807) is 0 Å². The van der Waals surface area contributed by atoms with Crippen LogP contribution in [0.3, 0.4) is 0 Å². The van der Waals surface area contributed by atoms with E-state index in [-0.39, 0.29) is 5.88 Å². The van der Waals surface area contributed by atoms with Crippen LogP contribution in [0.1, 0.15) is 12.8 Å². The van der Waals surface area contributed by atoms with Crippen molar-refractivity contribution in [3.05, 3.63) is 12.0 Å². The van der Waals surface area contributed by atoms with Gasteiger partial charge < -0.3 is 14.4 Å². The third-order valence-electron chi connectivity index (χ3n) is 4.20. The number of hydrogen-bond donors (Lipinski definition) is 0. The first kappa shape index (κ1) is 14.5. The van der Waals surface area contributed by atoms with Gasteiger partial charge in [-0.2, -0.15) is 9.37 Å².